The highest BCUT2D eigenvalue weighted by Crippen LogP contribution is 2.28. The molecule has 1 heterocycles. The van der Waals surface area contributed by atoms with E-state index in [1.807, 2.05) is 37.3 Å². The third-order valence-electron chi connectivity index (χ3n) is 6.62. The fourth-order valence-electron chi connectivity index (χ4n) is 4.30. The highest BCUT2D eigenvalue weighted by molar-refractivity contribution is 7.89. The van der Waals surface area contributed by atoms with Gasteiger partial charge >= 0.3 is 0 Å². The Morgan fingerprint density at radius 3 is 2.28 bits per heavy atom. The van der Waals surface area contributed by atoms with E-state index in [2.05, 4.69) is 6.92 Å². The number of ether oxygens (including phenoxy) is 3. The van der Waals surface area contributed by atoms with Crippen LogP contribution in [0.1, 0.15) is 60.8 Å². The van der Waals surface area contributed by atoms with E-state index in [1.165, 1.54) is 22.7 Å². The first-order valence-electron chi connectivity index (χ1n) is 13.7. The van der Waals surface area contributed by atoms with Crippen molar-refractivity contribution in [1.29, 1.82) is 0 Å². The van der Waals surface area contributed by atoms with E-state index < -0.39 is 10.0 Å². The summed E-state index contributed by atoms with van der Waals surface area (Å²) in [5, 5.41) is 0. The van der Waals surface area contributed by atoms with Crippen LogP contribution in [0.5, 0.6) is 11.5 Å². The normalized spacial score (nSPS) is 11.6. The monoisotopic (exact) mass is 582 g/mol. The van der Waals surface area contributed by atoms with Gasteiger partial charge in [0.05, 0.1) is 39.7 Å². The Morgan fingerprint density at radius 1 is 0.923 bits per heavy atom. The summed E-state index contributed by atoms with van der Waals surface area (Å²) < 4.78 is 43.7. The second-order valence-corrected chi connectivity index (χ2v) is 13.1. The zero-order valence-electron chi connectivity index (χ0n) is 24.2. The molecule has 1 aromatic carbocycles. The third-order valence-corrected chi connectivity index (χ3v) is 9.51. The van der Waals surface area contributed by atoms with Crippen LogP contribution in [0.3, 0.4) is 0 Å². The smallest absolute Gasteiger partial charge is 0.238 e. The summed E-state index contributed by atoms with van der Waals surface area (Å²) in [5.74, 6) is 1.11. The van der Waals surface area contributed by atoms with E-state index in [4.69, 9.17) is 14.2 Å². The SMILES string of the molecule is CCCCCCCCS(=O)(=O)N(CCOC)CC(=O)N(CCc1ccc(OC)c(OC)c1)Cc1ccc(C)s1. The Hall–Kier alpha value is -2.14. The van der Waals surface area contributed by atoms with Gasteiger partial charge in [0.1, 0.15) is 0 Å². The lowest BCUT2D eigenvalue weighted by Crippen LogP contribution is -2.45. The molecule has 0 saturated carbocycles. The summed E-state index contributed by atoms with van der Waals surface area (Å²) in [6, 6.07) is 9.77. The molecule has 0 fully saturated rings. The number of aryl methyl sites for hydroxylation is 1. The van der Waals surface area contributed by atoms with Gasteiger partial charge in [-0.15, -0.1) is 11.3 Å². The van der Waals surface area contributed by atoms with E-state index in [0.717, 1.165) is 36.1 Å². The number of amides is 1. The van der Waals surface area contributed by atoms with Gasteiger partial charge in [0.2, 0.25) is 15.9 Å². The molecule has 1 amide bonds. The quantitative estimate of drug-likeness (QED) is 0.198. The van der Waals surface area contributed by atoms with E-state index in [1.54, 1.807) is 30.5 Å². The van der Waals surface area contributed by atoms with Crippen molar-refractivity contribution >= 4 is 27.3 Å². The first kappa shape index (κ1) is 33.1. The molecule has 2 rings (SSSR count). The van der Waals surface area contributed by atoms with Crippen LogP contribution in [-0.2, 0) is 32.5 Å². The van der Waals surface area contributed by atoms with Gasteiger partial charge in [0.15, 0.2) is 11.5 Å². The summed E-state index contributed by atoms with van der Waals surface area (Å²) in [7, 11) is 1.13. The highest BCUT2D eigenvalue weighted by atomic mass is 32.2. The number of rotatable bonds is 20. The Balaban J connectivity index is 2.14. The lowest BCUT2D eigenvalue weighted by Gasteiger charge is -2.27. The van der Waals surface area contributed by atoms with Gasteiger partial charge in [-0.05, 0) is 49.6 Å². The average molecular weight is 583 g/mol. The van der Waals surface area contributed by atoms with Crippen LogP contribution in [0.15, 0.2) is 30.3 Å². The van der Waals surface area contributed by atoms with Crippen molar-refractivity contribution in [2.75, 3.05) is 53.3 Å². The molecule has 0 atom stereocenters. The number of carbonyl (C=O) groups is 1. The highest BCUT2D eigenvalue weighted by Gasteiger charge is 2.27. The largest absolute Gasteiger partial charge is 0.493 e. The first-order valence-corrected chi connectivity index (χ1v) is 16.2. The van der Waals surface area contributed by atoms with Crippen molar-refractivity contribution in [2.45, 2.75) is 65.3 Å². The number of thiophene rings is 1. The number of unbranched alkanes of at least 4 members (excludes halogenated alkanes) is 5. The molecule has 0 N–H and O–H groups in total. The van der Waals surface area contributed by atoms with Crippen molar-refractivity contribution in [3.63, 3.8) is 0 Å². The predicted octanol–water partition coefficient (Wildman–Crippen LogP) is 5.28. The molecule has 8 nitrogen and oxygen atoms in total. The molecule has 1 aromatic heterocycles. The number of methoxy groups -OCH3 is 3. The van der Waals surface area contributed by atoms with Crippen molar-refractivity contribution in [3.05, 3.63) is 45.6 Å². The van der Waals surface area contributed by atoms with Gasteiger partial charge in [-0.2, -0.15) is 4.31 Å². The minimum Gasteiger partial charge on any atom is -0.493 e. The maximum absolute atomic E-state index is 13.6. The molecule has 10 heteroatoms. The van der Waals surface area contributed by atoms with Gasteiger partial charge in [-0.3, -0.25) is 4.79 Å². The number of nitrogens with zero attached hydrogens (tertiary/aromatic N) is 2. The Labute approximate surface area is 239 Å². The van der Waals surface area contributed by atoms with Crippen molar-refractivity contribution in [3.8, 4) is 11.5 Å². The molecule has 0 bridgehead atoms. The molecule has 0 unspecified atom stereocenters. The lowest BCUT2D eigenvalue weighted by atomic mass is 10.1. The average Bonchev–Trinajstić information content (AvgIpc) is 3.34. The predicted molar refractivity (Wildman–Crippen MR) is 158 cm³/mol. The number of hydrogen-bond donors (Lipinski definition) is 0. The second-order valence-electron chi connectivity index (χ2n) is 9.68. The zero-order chi connectivity index (χ0) is 28.7. The lowest BCUT2D eigenvalue weighted by molar-refractivity contribution is -0.132. The Kier molecular flexibility index (Phi) is 14.9. The fraction of sp³-hybridized carbons (Fsp3) is 0.621. The van der Waals surface area contributed by atoms with Crippen LogP contribution in [0.25, 0.3) is 0 Å². The van der Waals surface area contributed by atoms with E-state index >= 15 is 0 Å². The molecule has 39 heavy (non-hydrogen) atoms. The summed E-state index contributed by atoms with van der Waals surface area (Å²) in [6.07, 6.45) is 6.55. The molecule has 0 aliphatic carbocycles. The molecule has 220 valence electrons. The maximum atomic E-state index is 13.6. The van der Waals surface area contributed by atoms with Crippen molar-refractivity contribution in [1.82, 2.24) is 9.21 Å². The van der Waals surface area contributed by atoms with Crippen LogP contribution in [0.4, 0.5) is 0 Å². The molecule has 0 radical (unpaired) electrons. The topological polar surface area (TPSA) is 85.4 Å². The van der Waals surface area contributed by atoms with Crippen LogP contribution in [0.2, 0.25) is 0 Å². The molecular weight excluding hydrogens is 536 g/mol. The van der Waals surface area contributed by atoms with Crippen molar-refractivity contribution < 1.29 is 27.4 Å². The fourth-order valence-corrected chi connectivity index (χ4v) is 6.70. The molecule has 0 aliphatic heterocycles. The van der Waals surface area contributed by atoms with E-state index in [9.17, 15) is 13.2 Å². The maximum Gasteiger partial charge on any atom is 0.238 e. The Bertz CT molecular complexity index is 1100. The van der Waals surface area contributed by atoms with Gasteiger partial charge in [-0.1, -0.05) is 45.1 Å². The van der Waals surface area contributed by atoms with Crippen LogP contribution < -0.4 is 9.47 Å². The standard InChI is InChI=1S/C29H46N2O6S2/c1-6-7-8-9-10-11-20-39(33,34)31(18-19-35-3)23-29(32)30(22-26-14-12-24(2)38-26)17-16-25-13-15-27(36-4)28(21-25)37-5/h12-15,21H,6-11,16-20,22-23H2,1-5H3. The zero-order valence-corrected chi connectivity index (χ0v) is 25.9. The molecule has 0 aliphatic rings. The van der Waals surface area contributed by atoms with Crippen molar-refractivity contribution in [2.24, 2.45) is 0 Å². The van der Waals surface area contributed by atoms with Crippen LogP contribution in [0, 0.1) is 6.92 Å². The molecule has 0 spiro atoms. The summed E-state index contributed by atoms with van der Waals surface area (Å²) >= 11 is 1.64. The van der Waals surface area contributed by atoms with Gasteiger partial charge in [-0.25, -0.2) is 8.42 Å². The van der Waals surface area contributed by atoms with Crippen LogP contribution in [-0.4, -0.2) is 76.9 Å². The third kappa shape index (κ3) is 11.5. The molecule has 2 aromatic rings. The number of carbonyl (C=O) groups excluding carboxylic acids is 1. The minimum atomic E-state index is -3.59. The van der Waals surface area contributed by atoms with Crippen LogP contribution >= 0.6 is 11.3 Å². The number of benzene rings is 1. The number of sulfonamides is 1. The summed E-state index contributed by atoms with van der Waals surface area (Å²) in [4.78, 5) is 17.6. The van der Waals surface area contributed by atoms with E-state index in [-0.39, 0.29) is 31.4 Å². The second kappa shape index (κ2) is 17.5. The number of hydrogen-bond acceptors (Lipinski definition) is 7. The Morgan fingerprint density at radius 2 is 1.64 bits per heavy atom. The summed E-state index contributed by atoms with van der Waals surface area (Å²) in [6.45, 7) is 5.26. The van der Waals surface area contributed by atoms with Gasteiger partial charge in [0.25, 0.3) is 0 Å². The summed E-state index contributed by atoms with van der Waals surface area (Å²) in [5.41, 5.74) is 1.000. The van der Waals surface area contributed by atoms with Gasteiger partial charge < -0.3 is 19.1 Å². The first-order chi connectivity index (χ1) is 18.7. The van der Waals surface area contributed by atoms with Gasteiger partial charge in [0, 0.05) is 30.0 Å². The molecule has 0 saturated heterocycles. The molecular formula is C29H46N2O6S2. The minimum absolute atomic E-state index is 0.0475. The van der Waals surface area contributed by atoms with E-state index in [0.29, 0.717) is 37.4 Å².